The lowest BCUT2D eigenvalue weighted by Gasteiger charge is -2.29. The molecule has 2 aromatic rings. The molecule has 2 heterocycles. The number of imide groups is 1. The summed E-state index contributed by atoms with van der Waals surface area (Å²) in [5.74, 6) is -9.06. The predicted molar refractivity (Wildman–Crippen MR) is 110 cm³/mol. The molecule has 2 atom stereocenters. The first kappa shape index (κ1) is 15.5. The number of halogens is 3. The Bertz CT molecular complexity index is 1380. The van der Waals surface area contributed by atoms with Crippen molar-refractivity contribution in [2.45, 2.75) is 37.8 Å². The number of nitrogens with zero attached hydrogens (tertiary/aromatic N) is 1. The van der Waals surface area contributed by atoms with E-state index >= 15 is 0 Å². The van der Waals surface area contributed by atoms with Gasteiger partial charge >= 0.3 is 5.92 Å². The number of alkyl halides is 2. The fraction of sp³-hybridized carbons (Fsp3) is 0.273. The molecule has 2 aliphatic heterocycles. The van der Waals surface area contributed by atoms with Crippen molar-refractivity contribution in [1.29, 1.82) is 0 Å². The molecule has 2 unspecified atom stereocenters. The number of carbonyl (C=O) groups excluding carboxylic acids is 4. The highest BCUT2D eigenvalue weighted by molar-refractivity contribution is 6.30. The monoisotopic (exact) mass is 467 g/mol. The number of fused-ring (bicyclic) bond motifs is 1. The van der Waals surface area contributed by atoms with E-state index in [4.69, 9.17) is 19.9 Å². The SMILES string of the molecule is [2H]c1cc(C([2H])([2H])N([2H])C(=O)C(F)(F)c2ccc(Cl)cc2)c([2H])c2c1C(=O)N(C1CCC(=O)NC1=O)C2[2H]. The zero-order valence-corrected chi connectivity index (χ0v) is 16.9. The molecule has 0 saturated carbocycles. The van der Waals surface area contributed by atoms with Gasteiger partial charge in [0.15, 0.2) is 1.41 Å². The number of benzene rings is 2. The van der Waals surface area contributed by atoms with Gasteiger partial charge in [-0.1, -0.05) is 35.8 Å². The van der Waals surface area contributed by atoms with Gasteiger partial charge in [0.1, 0.15) is 6.04 Å². The summed E-state index contributed by atoms with van der Waals surface area (Å²) in [6.07, 6.45) is -0.251. The van der Waals surface area contributed by atoms with Crippen molar-refractivity contribution in [2.24, 2.45) is 0 Å². The third kappa shape index (κ3) is 4.08. The molecule has 0 aromatic heterocycles. The van der Waals surface area contributed by atoms with E-state index in [1.54, 1.807) is 0 Å². The van der Waals surface area contributed by atoms with Gasteiger partial charge in [0.25, 0.3) is 11.8 Å². The van der Waals surface area contributed by atoms with Crippen molar-refractivity contribution in [2.75, 3.05) is 0 Å². The lowest BCUT2D eigenvalue weighted by Crippen LogP contribution is -2.52. The second-order valence-electron chi connectivity index (χ2n) is 7.03. The van der Waals surface area contributed by atoms with E-state index in [1.165, 1.54) is 0 Å². The van der Waals surface area contributed by atoms with Crippen LogP contribution in [0.4, 0.5) is 8.78 Å². The summed E-state index contributed by atoms with van der Waals surface area (Å²) in [5, 5.41) is 1.48. The van der Waals surface area contributed by atoms with Crippen LogP contribution in [0, 0.1) is 0 Å². The molecule has 2 aliphatic rings. The topological polar surface area (TPSA) is 95.6 Å². The van der Waals surface area contributed by atoms with Crippen LogP contribution in [-0.4, -0.2) is 34.6 Å². The molecule has 1 fully saturated rings. The predicted octanol–water partition coefficient (Wildman–Crippen LogP) is 2.51. The molecule has 2 N–H and O–H groups in total. The number of nitrogens with one attached hydrogen (secondary N) is 2. The number of carbonyl (C=O) groups is 4. The average molecular weight is 468 g/mol. The third-order valence-electron chi connectivity index (χ3n) is 4.92. The van der Waals surface area contributed by atoms with Gasteiger partial charge in [0.2, 0.25) is 11.8 Å². The van der Waals surface area contributed by atoms with Crippen molar-refractivity contribution in [3.63, 3.8) is 0 Å². The first-order valence-electron chi connectivity index (χ1n) is 12.3. The van der Waals surface area contributed by atoms with Crippen LogP contribution < -0.4 is 10.6 Å². The lowest BCUT2D eigenvalue weighted by atomic mass is 10.0. The summed E-state index contributed by atoms with van der Waals surface area (Å²) < 4.78 is 79.4. The van der Waals surface area contributed by atoms with Gasteiger partial charge in [-0.15, -0.1) is 0 Å². The van der Waals surface area contributed by atoms with Crippen LogP contribution in [0.5, 0.6) is 0 Å². The van der Waals surface area contributed by atoms with E-state index in [0.717, 1.165) is 29.2 Å². The van der Waals surface area contributed by atoms with Crippen LogP contribution in [0.15, 0.2) is 42.4 Å². The highest BCUT2D eigenvalue weighted by Gasteiger charge is 2.41. The molecule has 0 spiro atoms. The van der Waals surface area contributed by atoms with E-state index in [1.807, 2.05) is 5.32 Å². The van der Waals surface area contributed by atoms with Crippen molar-refractivity contribution in [3.8, 4) is 0 Å². The molecule has 0 bridgehead atoms. The second-order valence-corrected chi connectivity index (χ2v) is 7.47. The van der Waals surface area contributed by atoms with Gasteiger partial charge in [-0.05, 0) is 35.7 Å². The summed E-state index contributed by atoms with van der Waals surface area (Å²) in [7, 11) is 0. The number of hydrogen-bond acceptors (Lipinski definition) is 4. The molecular weight excluding hydrogens is 444 g/mol. The molecule has 32 heavy (non-hydrogen) atoms. The van der Waals surface area contributed by atoms with Crippen LogP contribution in [0.2, 0.25) is 6.43 Å². The fourth-order valence-electron chi connectivity index (χ4n) is 3.27. The Kier molecular flexibility index (Phi) is 4.02. The Hall–Kier alpha value is -3.33. The molecule has 1 saturated heterocycles. The highest BCUT2D eigenvalue weighted by Crippen LogP contribution is 2.30. The van der Waals surface area contributed by atoms with Gasteiger partial charge in [-0.25, -0.2) is 0 Å². The lowest BCUT2D eigenvalue weighted by molar-refractivity contribution is -0.147. The van der Waals surface area contributed by atoms with E-state index in [0.29, 0.717) is 6.07 Å². The summed E-state index contributed by atoms with van der Waals surface area (Å²) in [4.78, 5) is 50.2. The Morgan fingerprint density at radius 2 is 2.06 bits per heavy atom. The Morgan fingerprint density at radius 1 is 1.34 bits per heavy atom. The van der Waals surface area contributed by atoms with Crippen molar-refractivity contribution < 1.29 is 36.2 Å². The molecule has 7 nitrogen and oxygen atoms in total. The highest BCUT2D eigenvalue weighted by atomic mass is 35.5. The maximum absolute atomic E-state index is 14.9. The summed E-state index contributed by atoms with van der Waals surface area (Å²) in [6, 6.07) is 1.62. The van der Waals surface area contributed by atoms with Crippen LogP contribution in [0.3, 0.4) is 0 Å². The van der Waals surface area contributed by atoms with Gasteiger partial charge in [-0.2, -0.15) is 8.78 Å². The minimum absolute atomic E-state index is 0.0980. The van der Waals surface area contributed by atoms with Gasteiger partial charge in [0, 0.05) is 35.6 Å². The first-order valence-corrected chi connectivity index (χ1v) is 9.69. The molecule has 4 amide bonds. The number of piperidine rings is 1. The van der Waals surface area contributed by atoms with Crippen molar-refractivity contribution in [3.05, 3.63) is 69.7 Å². The average Bonchev–Trinajstić information content (AvgIpc) is 3.11. The smallest absolute Gasteiger partial charge is 0.346 e. The molecule has 166 valence electrons. The first-order chi connectivity index (χ1) is 17.6. The Morgan fingerprint density at radius 3 is 2.75 bits per heavy atom. The maximum atomic E-state index is 14.9. The molecule has 0 aliphatic carbocycles. The van der Waals surface area contributed by atoms with Crippen LogP contribution in [0.25, 0.3) is 0 Å². The number of amides is 4. The second kappa shape index (κ2) is 8.31. The number of hydrogen-bond donors (Lipinski definition) is 2. The quantitative estimate of drug-likeness (QED) is 0.660. The number of rotatable bonds is 5. The maximum Gasteiger partial charge on any atom is 0.349 e. The zero-order chi connectivity index (χ0) is 28.3. The van der Waals surface area contributed by atoms with E-state index < -0.39 is 88.3 Å². The molecule has 0 radical (unpaired) electrons. The minimum Gasteiger partial charge on any atom is -0.346 e. The fourth-order valence-corrected chi connectivity index (χ4v) is 3.40. The minimum atomic E-state index is -4.36. The summed E-state index contributed by atoms with van der Waals surface area (Å²) >= 11 is 5.68. The van der Waals surface area contributed by atoms with E-state index in [2.05, 4.69) is 0 Å². The third-order valence-corrected chi connectivity index (χ3v) is 5.17. The van der Waals surface area contributed by atoms with Crippen molar-refractivity contribution >= 4 is 35.2 Å². The van der Waals surface area contributed by atoms with E-state index in [-0.39, 0.29) is 17.9 Å². The van der Waals surface area contributed by atoms with Crippen molar-refractivity contribution in [1.82, 2.24) is 15.5 Å². The Labute approximate surface area is 195 Å². The summed E-state index contributed by atoms with van der Waals surface area (Å²) in [6.45, 7) is -5.18. The largest absolute Gasteiger partial charge is 0.349 e. The molecular formula is C22H18ClF2N3O4. The molecule has 2 aromatic carbocycles. The van der Waals surface area contributed by atoms with Crippen LogP contribution >= 0.6 is 11.6 Å². The van der Waals surface area contributed by atoms with Gasteiger partial charge < -0.3 is 10.2 Å². The molecule has 10 heteroatoms. The Balaban J connectivity index is 1.72. The van der Waals surface area contributed by atoms with Gasteiger partial charge in [-0.3, -0.25) is 24.5 Å². The van der Waals surface area contributed by atoms with Crippen LogP contribution in [0.1, 0.15) is 46.7 Å². The molecule has 4 rings (SSSR count). The van der Waals surface area contributed by atoms with Gasteiger partial charge in [0.05, 0.1) is 6.85 Å². The normalized spacial score (nSPS) is 23.8. The standard InChI is InChI=1S/C22H18ClF2N3O4/c23-15-4-2-14(3-5-15)22(24,25)21(32)26-10-12-1-6-16-13(9-12)11-28(20(16)31)17-7-8-18(29)27-19(17)30/h1-6,9,17H,7-8,10-11H2,(H,26,32)(H,27,29,30)/i6D,9D,10D2,11D/hD. The zero-order valence-electron chi connectivity index (χ0n) is 22.1. The van der Waals surface area contributed by atoms with E-state index in [9.17, 15) is 28.0 Å². The summed E-state index contributed by atoms with van der Waals surface area (Å²) in [5.41, 5.74) is -2.71. The van der Waals surface area contributed by atoms with Crippen LogP contribution in [-0.2, 0) is 33.3 Å².